The lowest BCUT2D eigenvalue weighted by atomic mass is 10.1. The standard InChI is InChI=1S/C29H39N7O4/c1-38-25-12-10-23(11-13-25)22-32-28-33-27(34-29(35-28)36-16-6-3-7-17-36)31-15-19-40-21-20-39-18-14-30-26(37)24-8-4-2-5-9-24/h2,4-5,8-13H,3,6-7,14-22H2,1H3,(H,30,37)(H2,31,32,33,34,35). The number of hydrogen-bond acceptors (Lipinski definition) is 10. The number of nitrogens with zero attached hydrogens (tertiary/aromatic N) is 4. The van der Waals surface area contributed by atoms with Crippen LogP contribution in [0.25, 0.3) is 0 Å². The molecule has 1 aliphatic heterocycles. The van der Waals surface area contributed by atoms with Gasteiger partial charge >= 0.3 is 0 Å². The monoisotopic (exact) mass is 549 g/mol. The van der Waals surface area contributed by atoms with Crippen molar-refractivity contribution < 1.29 is 19.0 Å². The molecule has 0 unspecified atom stereocenters. The molecule has 1 saturated heterocycles. The molecule has 0 aliphatic carbocycles. The van der Waals surface area contributed by atoms with Crippen molar-refractivity contribution in [2.45, 2.75) is 25.8 Å². The van der Waals surface area contributed by atoms with E-state index in [1.54, 1.807) is 19.2 Å². The first-order chi connectivity index (χ1) is 19.7. The predicted octanol–water partition coefficient (Wildman–Crippen LogP) is 3.36. The fourth-order valence-electron chi connectivity index (χ4n) is 4.17. The summed E-state index contributed by atoms with van der Waals surface area (Å²) in [6, 6.07) is 17.0. The lowest BCUT2D eigenvalue weighted by Crippen LogP contribution is -2.31. The van der Waals surface area contributed by atoms with E-state index in [9.17, 15) is 4.79 Å². The lowest BCUT2D eigenvalue weighted by molar-refractivity contribution is 0.0519. The summed E-state index contributed by atoms with van der Waals surface area (Å²) in [7, 11) is 1.66. The molecule has 40 heavy (non-hydrogen) atoms. The van der Waals surface area contributed by atoms with Gasteiger partial charge in [-0.25, -0.2) is 0 Å². The molecular formula is C29H39N7O4. The zero-order valence-electron chi connectivity index (χ0n) is 23.1. The van der Waals surface area contributed by atoms with Crippen molar-refractivity contribution >= 4 is 23.8 Å². The van der Waals surface area contributed by atoms with E-state index < -0.39 is 0 Å². The number of benzene rings is 2. The summed E-state index contributed by atoms with van der Waals surface area (Å²) < 4.78 is 16.5. The number of aromatic nitrogens is 3. The van der Waals surface area contributed by atoms with E-state index in [2.05, 4.69) is 35.8 Å². The van der Waals surface area contributed by atoms with Crippen molar-refractivity contribution in [1.82, 2.24) is 20.3 Å². The largest absolute Gasteiger partial charge is 0.497 e. The van der Waals surface area contributed by atoms with Crippen LogP contribution >= 0.6 is 0 Å². The molecule has 0 radical (unpaired) electrons. The second kappa shape index (κ2) is 16.2. The van der Waals surface area contributed by atoms with Crippen molar-refractivity contribution in [2.75, 3.05) is 75.2 Å². The maximum Gasteiger partial charge on any atom is 0.251 e. The average Bonchev–Trinajstić information content (AvgIpc) is 3.02. The summed E-state index contributed by atoms with van der Waals surface area (Å²) in [5, 5.41) is 9.42. The van der Waals surface area contributed by atoms with Crippen LogP contribution in [0.5, 0.6) is 5.75 Å². The van der Waals surface area contributed by atoms with Crippen LogP contribution in [0.2, 0.25) is 0 Å². The molecule has 2 aromatic carbocycles. The average molecular weight is 550 g/mol. The summed E-state index contributed by atoms with van der Waals surface area (Å²) in [5.74, 6) is 2.45. The molecule has 1 aliphatic rings. The van der Waals surface area contributed by atoms with Gasteiger partial charge < -0.3 is 35.1 Å². The number of carbonyl (C=O) groups is 1. The van der Waals surface area contributed by atoms with E-state index in [1.807, 2.05) is 42.5 Å². The second-order valence-electron chi connectivity index (χ2n) is 9.31. The smallest absolute Gasteiger partial charge is 0.251 e. The van der Waals surface area contributed by atoms with E-state index in [0.29, 0.717) is 69.5 Å². The molecule has 1 aromatic heterocycles. The molecule has 4 rings (SSSR count). The van der Waals surface area contributed by atoms with Crippen LogP contribution in [0.3, 0.4) is 0 Å². The van der Waals surface area contributed by atoms with Crippen molar-refractivity contribution in [3.63, 3.8) is 0 Å². The SMILES string of the molecule is COc1ccc(CNc2nc(NCCOCCOCCNC(=O)c3ccccc3)nc(N3CCCCC3)n2)cc1. The highest BCUT2D eigenvalue weighted by molar-refractivity contribution is 5.94. The molecular weight excluding hydrogens is 510 g/mol. The van der Waals surface area contributed by atoms with E-state index in [0.717, 1.165) is 37.2 Å². The molecule has 0 bridgehead atoms. The Morgan fingerprint density at radius 3 is 2.17 bits per heavy atom. The lowest BCUT2D eigenvalue weighted by Gasteiger charge is -2.27. The molecule has 2 heterocycles. The highest BCUT2D eigenvalue weighted by Gasteiger charge is 2.16. The van der Waals surface area contributed by atoms with Gasteiger partial charge in [-0.1, -0.05) is 30.3 Å². The Bertz CT molecular complexity index is 1160. The van der Waals surface area contributed by atoms with E-state index in [1.165, 1.54) is 6.42 Å². The second-order valence-corrected chi connectivity index (χ2v) is 9.31. The molecule has 0 spiro atoms. The number of rotatable bonds is 16. The Morgan fingerprint density at radius 1 is 0.800 bits per heavy atom. The van der Waals surface area contributed by atoms with Gasteiger partial charge in [0, 0.05) is 38.3 Å². The topological polar surface area (TPSA) is 123 Å². The molecule has 1 fully saturated rings. The zero-order valence-corrected chi connectivity index (χ0v) is 23.1. The van der Waals surface area contributed by atoms with Crippen molar-refractivity contribution in [1.29, 1.82) is 0 Å². The quantitative estimate of drug-likeness (QED) is 0.229. The van der Waals surface area contributed by atoms with Crippen LogP contribution in [-0.4, -0.2) is 80.6 Å². The van der Waals surface area contributed by atoms with E-state index in [-0.39, 0.29) is 5.91 Å². The van der Waals surface area contributed by atoms with Gasteiger partial charge in [-0.05, 0) is 49.1 Å². The van der Waals surface area contributed by atoms with Crippen LogP contribution in [0.4, 0.5) is 17.8 Å². The fraction of sp³-hybridized carbons (Fsp3) is 0.448. The van der Waals surface area contributed by atoms with Gasteiger partial charge in [-0.3, -0.25) is 4.79 Å². The number of carbonyl (C=O) groups excluding carboxylic acids is 1. The number of amides is 1. The number of methoxy groups -OCH3 is 1. The van der Waals surface area contributed by atoms with Gasteiger partial charge in [0.25, 0.3) is 5.91 Å². The first kappa shape index (κ1) is 29.0. The number of piperidine rings is 1. The predicted molar refractivity (Wildman–Crippen MR) is 155 cm³/mol. The van der Waals surface area contributed by atoms with Crippen LogP contribution in [-0.2, 0) is 16.0 Å². The van der Waals surface area contributed by atoms with E-state index in [4.69, 9.17) is 14.2 Å². The van der Waals surface area contributed by atoms with E-state index >= 15 is 0 Å². The molecule has 1 amide bonds. The van der Waals surface area contributed by atoms with Gasteiger partial charge in [0.1, 0.15) is 5.75 Å². The Balaban J connectivity index is 1.16. The summed E-state index contributed by atoms with van der Waals surface area (Å²) >= 11 is 0. The number of hydrogen-bond donors (Lipinski definition) is 3. The molecule has 11 nitrogen and oxygen atoms in total. The minimum Gasteiger partial charge on any atom is -0.497 e. The van der Waals surface area contributed by atoms with Crippen LogP contribution in [0, 0.1) is 0 Å². The van der Waals surface area contributed by atoms with Crippen LogP contribution in [0.15, 0.2) is 54.6 Å². The van der Waals surface area contributed by atoms with Gasteiger partial charge in [0.05, 0.1) is 33.5 Å². The number of ether oxygens (including phenoxy) is 3. The third-order valence-electron chi connectivity index (χ3n) is 6.34. The first-order valence-electron chi connectivity index (χ1n) is 13.8. The fourth-order valence-corrected chi connectivity index (χ4v) is 4.17. The van der Waals surface area contributed by atoms with Crippen molar-refractivity contribution in [3.8, 4) is 5.75 Å². The highest BCUT2D eigenvalue weighted by Crippen LogP contribution is 2.19. The Labute approximate surface area is 235 Å². The summed E-state index contributed by atoms with van der Waals surface area (Å²) in [6.07, 6.45) is 3.51. The normalized spacial score (nSPS) is 13.1. The maximum absolute atomic E-state index is 12.0. The van der Waals surface area contributed by atoms with Crippen molar-refractivity contribution in [3.05, 3.63) is 65.7 Å². The van der Waals surface area contributed by atoms with Gasteiger partial charge in [0.15, 0.2) is 0 Å². The third kappa shape index (κ3) is 9.65. The molecule has 0 atom stereocenters. The van der Waals surface area contributed by atoms with Crippen molar-refractivity contribution in [2.24, 2.45) is 0 Å². The molecule has 3 aromatic rings. The van der Waals surface area contributed by atoms with Crippen LogP contribution < -0.4 is 25.6 Å². The minimum atomic E-state index is -0.104. The summed E-state index contributed by atoms with van der Waals surface area (Å²) in [6.45, 7) is 5.29. The summed E-state index contributed by atoms with van der Waals surface area (Å²) in [5.41, 5.74) is 1.74. The van der Waals surface area contributed by atoms with Gasteiger partial charge in [0.2, 0.25) is 17.8 Å². The highest BCUT2D eigenvalue weighted by atomic mass is 16.5. The molecule has 0 saturated carbocycles. The maximum atomic E-state index is 12.0. The first-order valence-corrected chi connectivity index (χ1v) is 13.8. The Morgan fingerprint density at radius 2 is 1.48 bits per heavy atom. The third-order valence-corrected chi connectivity index (χ3v) is 6.34. The molecule has 3 N–H and O–H groups in total. The molecule has 11 heteroatoms. The minimum absolute atomic E-state index is 0.104. The summed E-state index contributed by atoms with van der Waals surface area (Å²) in [4.78, 5) is 28.1. The Kier molecular flexibility index (Phi) is 11.8. The molecule has 214 valence electrons. The number of nitrogens with one attached hydrogen (secondary N) is 3. The number of anilines is 3. The zero-order chi connectivity index (χ0) is 27.8. The van der Waals surface area contributed by atoms with Gasteiger partial charge in [-0.2, -0.15) is 15.0 Å². The van der Waals surface area contributed by atoms with Gasteiger partial charge in [-0.15, -0.1) is 0 Å². The van der Waals surface area contributed by atoms with Crippen LogP contribution in [0.1, 0.15) is 35.2 Å². The Hall–Kier alpha value is -3.96.